The van der Waals surface area contributed by atoms with Gasteiger partial charge in [0.2, 0.25) is 0 Å². The smallest absolute Gasteiger partial charge is 0.137 e. The normalized spacial score (nSPS) is 23.3. The lowest BCUT2D eigenvalue weighted by Gasteiger charge is -2.36. The van der Waals surface area contributed by atoms with Crippen LogP contribution < -0.4 is 5.32 Å². The molecule has 94 valence electrons. The minimum absolute atomic E-state index is 0.214. The predicted octanol–water partition coefficient (Wildman–Crippen LogP) is 3.88. The number of anilines is 1. The van der Waals surface area contributed by atoms with Crippen LogP contribution in [0.2, 0.25) is 0 Å². The second-order valence-electron chi connectivity index (χ2n) is 4.47. The van der Waals surface area contributed by atoms with Gasteiger partial charge >= 0.3 is 0 Å². The van der Waals surface area contributed by atoms with Crippen molar-refractivity contribution in [3.05, 3.63) is 28.0 Å². The van der Waals surface area contributed by atoms with Crippen molar-refractivity contribution in [3.8, 4) is 0 Å². The molecule has 0 aromatic heterocycles. The fourth-order valence-corrected chi connectivity index (χ4v) is 2.42. The van der Waals surface area contributed by atoms with Gasteiger partial charge in [-0.2, -0.15) is 0 Å². The molecule has 0 heterocycles. The Morgan fingerprint density at radius 1 is 1.47 bits per heavy atom. The van der Waals surface area contributed by atoms with Gasteiger partial charge in [0.15, 0.2) is 0 Å². The molecule has 0 atom stereocenters. The molecule has 0 aliphatic heterocycles. The molecule has 0 amide bonds. The summed E-state index contributed by atoms with van der Waals surface area (Å²) in [6.45, 7) is 4.71. The molecule has 1 N–H and O–H groups in total. The maximum absolute atomic E-state index is 13.3. The average molecular weight is 302 g/mol. The second-order valence-corrected chi connectivity index (χ2v) is 5.33. The van der Waals surface area contributed by atoms with Gasteiger partial charge in [0.1, 0.15) is 5.82 Å². The third-order valence-electron chi connectivity index (χ3n) is 3.12. The van der Waals surface area contributed by atoms with Crippen LogP contribution in [0, 0.1) is 12.7 Å². The van der Waals surface area contributed by atoms with Crippen molar-refractivity contribution in [2.75, 3.05) is 11.9 Å². The minimum Gasteiger partial charge on any atom is -0.382 e. The lowest BCUT2D eigenvalue weighted by molar-refractivity contribution is 0.00298. The van der Waals surface area contributed by atoms with Crippen molar-refractivity contribution < 1.29 is 9.13 Å². The van der Waals surface area contributed by atoms with E-state index >= 15 is 0 Å². The minimum atomic E-state index is -0.214. The number of hydrogen-bond donors (Lipinski definition) is 1. The third kappa shape index (κ3) is 2.99. The highest BCUT2D eigenvalue weighted by Gasteiger charge is 2.29. The van der Waals surface area contributed by atoms with E-state index < -0.39 is 0 Å². The van der Waals surface area contributed by atoms with E-state index in [0.717, 1.165) is 30.7 Å². The Morgan fingerprint density at radius 3 is 2.82 bits per heavy atom. The molecule has 1 aromatic carbocycles. The molecule has 2 rings (SSSR count). The molecule has 0 saturated heterocycles. The van der Waals surface area contributed by atoms with Crippen molar-refractivity contribution in [1.82, 2.24) is 0 Å². The molecule has 17 heavy (non-hydrogen) atoms. The molecule has 1 aliphatic carbocycles. The maximum Gasteiger partial charge on any atom is 0.137 e. The largest absolute Gasteiger partial charge is 0.382 e. The van der Waals surface area contributed by atoms with Gasteiger partial charge in [-0.15, -0.1) is 0 Å². The highest BCUT2D eigenvalue weighted by Crippen LogP contribution is 2.30. The molecule has 1 aromatic rings. The summed E-state index contributed by atoms with van der Waals surface area (Å²) in [5, 5.41) is 3.43. The van der Waals surface area contributed by atoms with Gasteiger partial charge in [0, 0.05) is 18.3 Å². The van der Waals surface area contributed by atoms with Gasteiger partial charge in [0.25, 0.3) is 0 Å². The van der Waals surface area contributed by atoms with Crippen molar-refractivity contribution in [2.45, 2.75) is 38.8 Å². The lowest BCUT2D eigenvalue weighted by atomic mass is 9.89. The Morgan fingerprint density at radius 2 is 2.18 bits per heavy atom. The van der Waals surface area contributed by atoms with Crippen LogP contribution >= 0.6 is 15.9 Å². The SMILES string of the molecule is CCOC1CC(Nc2cc(Br)c(F)cc2C)C1. The zero-order chi connectivity index (χ0) is 12.4. The monoisotopic (exact) mass is 301 g/mol. The van der Waals surface area contributed by atoms with Crippen LogP contribution in [0.25, 0.3) is 0 Å². The van der Waals surface area contributed by atoms with Crippen LogP contribution in [-0.2, 0) is 4.74 Å². The first-order valence-electron chi connectivity index (χ1n) is 5.94. The summed E-state index contributed by atoms with van der Waals surface area (Å²) in [5.41, 5.74) is 1.93. The summed E-state index contributed by atoms with van der Waals surface area (Å²) in [6, 6.07) is 3.80. The van der Waals surface area contributed by atoms with Crippen molar-refractivity contribution in [3.63, 3.8) is 0 Å². The molecule has 1 aliphatic rings. The number of nitrogens with one attached hydrogen (secondary N) is 1. The van der Waals surface area contributed by atoms with E-state index in [2.05, 4.69) is 21.2 Å². The quantitative estimate of drug-likeness (QED) is 0.911. The van der Waals surface area contributed by atoms with E-state index in [4.69, 9.17) is 4.74 Å². The van der Waals surface area contributed by atoms with Crippen LogP contribution in [0.3, 0.4) is 0 Å². The first-order chi connectivity index (χ1) is 8.10. The highest BCUT2D eigenvalue weighted by atomic mass is 79.9. The van der Waals surface area contributed by atoms with E-state index in [1.165, 1.54) is 0 Å². The molecule has 0 unspecified atom stereocenters. The Balaban J connectivity index is 1.94. The van der Waals surface area contributed by atoms with Crippen molar-refractivity contribution in [1.29, 1.82) is 0 Å². The summed E-state index contributed by atoms with van der Waals surface area (Å²) < 4.78 is 19.3. The Hall–Kier alpha value is -0.610. The standard InChI is InChI=1S/C13H17BrFNO/c1-3-17-10-5-9(6-10)16-13-7-11(14)12(15)4-8(13)2/h4,7,9-10,16H,3,5-6H2,1-2H3. The highest BCUT2D eigenvalue weighted by molar-refractivity contribution is 9.10. The number of hydrogen-bond acceptors (Lipinski definition) is 2. The first kappa shape index (κ1) is 12.8. The Labute approximate surface area is 110 Å². The summed E-state index contributed by atoms with van der Waals surface area (Å²) in [6.07, 6.45) is 2.45. The summed E-state index contributed by atoms with van der Waals surface area (Å²) in [7, 11) is 0. The van der Waals surface area contributed by atoms with E-state index in [0.29, 0.717) is 16.6 Å². The lowest BCUT2D eigenvalue weighted by Crippen LogP contribution is -2.40. The van der Waals surface area contributed by atoms with Crippen LogP contribution in [0.1, 0.15) is 25.3 Å². The molecular weight excluding hydrogens is 285 g/mol. The van der Waals surface area contributed by atoms with Crippen LogP contribution in [0.5, 0.6) is 0 Å². The number of aryl methyl sites for hydroxylation is 1. The fraction of sp³-hybridized carbons (Fsp3) is 0.538. The predicted molar refractivity (Wildman–Crippen MR) is 70.9 cm³/mol. The first-order valence-corrected chi connectivity index (χ1v) is 6.73. The van der Waals surface area contributed by atoms with Crippen LogP contribution in [0.4, 0.5) is 10.1 Å². The summed E-state index contributed by atoms with van der Waals surface area (Å²) >= 11 is 3.21. The van der Waals surface area contributed by atoms with Gasteiger partial charge in [-0.25, -0.2) is 4.39 Å². The van der Waals surface area contributed by atoms with Crippen molar-refractivity contribution in [2.24, 2.45) is 0 Å². The van der Waals surface area contributed by atoms with Crippen LogP contribution in [0.15, 0.2) is 16.6 Å². The zero-order valence-corrected chi connectivity index (χ0v) is 11.7. The van der Waals surface area contributed by atoms with Gasteiger partial charge in [-0.1, -0.05) is 0 Å². The number of rotatable bonds is 4. The Bertz CT molecular complexity index is 405. The number of benzene rings is 1. The molecule has 2 nitrogen and oxygen atoms in total. The van der Waals surface area contributed by atoms with Crippen molar-refractivity contribution >= 4 is 21.6 Å². The molecule has 0 spiro atoms. The Kier molecular flexibility index (Phi) is 4.05. The molecule has 0 bridgehead atoms. The van der Waals surface area contributed by atoms with E-state index in [-0.39, 0.29) is 5.82 Å². The van der Waals surface area contributed by atoms with Gasteiger partial charge < -0.3 is 10.1 Å². The second kappa shape index (κ2) is 5.36. The summed E-state index contributed by atoms with van der Waals surface area (Å²) in [4.78, 5) is 0. The topological polar surface area (TPSA) is 21.3 Å². The van der Waals surface area contributed by atoms with E-state index in [1.54, 1.807) is 12.1 Å². The van der Waals surface area contributed by atoms with E-state index in [1.807, 2.05) is 13.8 Å². The molecule has 4 heteroatoms. The molecule has 1 saturated carbocycles. The van der Waals surface area contributed by atoms with E-state index in [9.17, 15) is 4.39 Å². The van der Waals surface area contributed by atoms with Crippen LogP contribution in [-0.4, -0.2) is 18.8 Å². The van der Waals surface area contributed by atoms with Gasteiger partial charge in [-0.05, 0) is 60.3 Å². The molecule has 0 radical (unpaired) electrons. The molecule has 1 fully saturated rings. The van der Waals surface area contributed by atoms with Gasteiger partial charge in [0.05, 0.1) is 10.6 Å². The fourth-order valence-electron chi connectivity index (χ4n) is 2.08. The maximum atomic E-state index is 13.3. The summed E-state index contributed by atoms with van der Waals surface area (Å²) in [5.74, 6) is -0.214. The average Bonchev–Trinajstić information content (AvgIpc) is 2.22. The molecular formula is C13H17BrFNO. The number of ether oxygens (including phenoxy) is 1. The zero-order valence-electron chi connectivity index (χ0n) is 10.1. The van der Waals surface area contributed by atoms with Gasteiger partial charge in [-0.3, -0.25) is 0 Å². The third-order valence-corrected chi connectivity index (χ3v) is 3.73. The number of halogens is 2.